The minimum atomic E-state index is -0.649. The second kappa shape index (κ2) is 7.44. The number of H-pyrrole nitrogens is 2. The summed E-state index contributed by atoms with van der Waals surface area (Å²) in [4.78, 5) is 36.9. The number of nitrogens with one attached hydrogen (secondary N) is 3. The molecular formula is C13H20N4O3S. The molecule has 0 aliphatic heterocycles. The maximum atomic E-state index is 12.3. The first-order valence-corrected chi connectivity index (χ1v) is 8.14. The van der Waals surface area contributed by atoms with Gasteiger partial charge >= 0.3 is 5.69 Å². The van der Waals surface area contributed by atoms with Crippen molar-refractivity contribution in [1.82, 2.24) is 20.5 Å². The molecule has 1 atom stereocenters. The van der Waals surface area contributed by atoms with Crippen LogP contribution in [0.25, 0.3) is 0 Å². The molecule has 2 rings (SSSR count). The summed E-state index contributed by atoms with van der Waals surface area (Å²) in [6.45, 7) is 1.89. The van der Waals surface area contributed by atoms with Crippen LogP contribution >= 0.6 is 11.8 Å². The number of carbonyl (C=O) groups is 1. The van der Waals surface area contributed by atoms with Gasteiger partial charge in [0.15, 0.2) is 5.03 Å². The van der Waals surface area contributed by atoms with E-state index in [4.69, 9.17) is 0 Å². The lowest BCUT2D eigenvalue weighted by Gasteiger charge is -2.24. The van der Waals surface area contributed by atoms with Crippen LogP contribution in [0.5, 0.6) is 0 Å². The molecule has 116 valence electrons. The van der Waals surface area contributed by atoms with Gasteiger partial charge in [0, 0.05) is 6.04 Å². The molecule has 1 aliphatic rings. The van der Waals surface area contributed by atoms with Crippen LogP contribution in [-0.4, -0.2) is 32.4 Å². The van der Waals surface area contributed by atoms with Crippen molar-refractivity contribution < 1.29 is 4.79 Å². The Labute approximate surface area is 126 Å². The minimum absolute atomic E-state index is 0.0678. The summed E-state index contributed by atoms with van der Waals surface area (Å²) in [5, 5.41) is 8.65. The topological polar surface area (TPSA) is 108 Å². The third kappa shape index (κ3) is 4.45. The van der Waals surface area contributed by atoms with Crippen LogP contribution in [-0.2, 0) is 4.79 Å². The fourth-order valence-electron chi connectivity index (χ4n) is 2.41. The zero-order valence-electron chi connectivity index (χ0n) is 12.0. The van der Waals surface area contributed by atoms with Crippen molar-refractivity contribution in [3.05, 3.63) is 20.8 Å². The molecule has 0 unspecified atom stereocenters. The van der Waals surface area contributed by atoms with Crippen molar-refractivity contribution in [3.63, 3.8) is 0 Å². The first-order valence-electron chi connectivity index (χ1n) is 7.26. The molecule has 8 heteroatoms. The van der Waals surface area contributed by atoms with Crippen LogP contribution < -0.4 is 16.6 Å². The highest BCUT2D eigenvalue weighted by Crippen LogP contribution is 2.22. The monoisotopic (exact) mass is 312 g/mol. The molecule has 0 saturated heterocycles. The number of aromatic nitrogens is 3. The molecule has 21 heavy (non-hydrogen) atoms. The molecule has 1 aromatic heterocycles. The first kappa shape index (κ1) is 15.8. The molecule has 0 bridgehead atoms. The Bertz CT molecular complexity index is 592. The highest BCUT2D eigenvalue weighted by molar-refractivity contribution is 8.00. The van der Waals surface area contributed by atoms with Gasteiger partial charge in [0.2, 0.25) is 5.91 Å². The van der Waals surface area contributed by atoms with E-state index < -0.39 is 11.2 Å². The predicted molar refractivity (Wildman–Crippen MR) is 80.4 cm³/mol. The zero-order chi connectivity index (χ0) is 15.2. The Morgan fingerprint density at radius 3 is 2.71 bits per heavy atom. The Morgan fingerprint density at radius 2 is 2.10 bits per heavy atom. The number of thioether (sulfide) groups is 1. The largest absolute Gasteiger partial charge is 0.352 e. The molecule has 1 fully saturated rings. The summed E-state index contributed by atoms with van der Waals surface area (Å²) >= 11 is 1.08. The molecule has 0 aromatic carbocycles. The van der Waals surface area contributed by atoms with Crippen molar-refractivity contribution in [1.29, 1.82) is 0 Å². The SMILES string of the molecule is CC[C@@H](Sc1n[nH]c(=O)[nH]c1=O)C(=O)NC1CCCCC1. The molecule has 3 N–H and O–H groups in total. The van der Waals surface area contributed by atoms with Gasteiger partial charge in [0.05, 0.1) is 5.25 Å². The number of hydrogen-bond donors (Lipinski definition) is 3. The second-order valence-corrected chi connectivity index (χ2v) is 6.36. The van der Waals surface area contributed by atoms with E-state index in [1.54, 1.807) is 0 Å². The molecule has 1 saturated carbocycles. The molecule has 1 aromatic rings. The zero-order valence-corrected chi connectivity index (χ0v) is 12.8. The molecular weight excluding hydrogens is 292 g/mol. The van der Waals surface area contributed by atoms with E-state index in [1.807, 2.05) is 6.92 Å². The van der Waals surface area contributed by atoms with Crippen LogP contribution in [0.2, 0.25) is 0 Å². The number of rotatable bonds is 5. The highest BCUT2D eigenvalue weighted by atomic mass is 32.2. The van der Waals surface area contributed by atoms with Crippen molar-refractivity contribution in [2.75, 3.05) is 0 Å². The lowest BCUT2D eigenvalue weighted by Crippen LogP contribution is -2.41. The van der Waals surface area contributed by atoms with Gasteiger partial charge < -0.3 is 5.32 Å². The standard InChI is InChI=1S/C13H20N4O3S/c1-2-9(10(18)14-8-6-4-3-5-7-8)21-12-11(19)15-13(20)17-16-12/h8-9H,2-7H2,1H3,(H,14,18)(H2,15,17,19,20)/t9-/m1/s1. The minimum Gasteiger partial charge on any atom is -0.352 e. The molecule has 0 spiro atoms. The van der Waals surface area contributed by atoms with Gasteiger partial charge in [-0.15, -0.1) is 0 Å². The third-order valence-corrected chi connectivity index (χ3v) is 4.88. The van der Waals surface area contributed by atoms with Gasteiger partial charge in [-0.1, -0.05) is 37.9 Å². The van der Waals surface area contributed by atoms with E-state index in [0.717, 1.165) is 37.4 Å². The smallest absolute Gasteiger partial charge is 0.342 e. The summed E-state index contributed by atoms with van der Waals surface area (Å²) in [6, 6.07) is 0.239. The highest BCUT2D eigenvalue weighted by Gasteiger charge is 2.23. The Balaban J connectivity index is 1.99. The number of amides is 1. The normalized spacial score (nSPS) is 17.4. The van der Waals surface area contributed by atoms with Gasteiger partial charge in [0.1, 0.15) is 0 Å². The van der Waals surface area contributed by atoms with Crippen molar-refractivity contribution >= 4 is 17.7 Å². The van der Waals surface area contributed by atoms with E-state index in [-0.39, 0.29) is 22.2 Å². The predicted octanol–water partition coefficient (Wildman–Crippen LogP) is 0.778. The average molecular weight is 312 g/mol. The van der Waals surface area contributed by atoms with Gasteiger partial charge in [-0.05, 0) is 19.3 Å². The van der Waals surface area contributed by atoms with E-state index in [9.17, 15) is 14.4 Å². The number of aromatic amines is 2. The quantitative estimate of drug-likeness (QED) is 0.696. The summed E-state index contributed by atoms with van der Waals surface area (Å²) in [7, 11) is 0. The van der Waals surface area contributed by atoms with Crippen LogP contribution in [0.15, 0.2) is 14.6 Å². The van der Waals surface area contributed by atoms with Gasteiger partial charge in [-0.3, -0.25) is 14.6 Å². The summed E-state index contributed by atoms with van der Waals surface area (Å²) in [6.07, 6.45) is 6.15. The third-order valence-electron chi connectivity index (χ3n) is 3.55. The van der Waals surface area contributed by atoms with Crippen molar-refractivity contribution in [2.45, 2.75) is 61.8 Å². The van der Waals surface area contributed by atoms with E-state index in [1.165, 1.54) is 6.42 Å². The Kier molecular flexibility index (Phi) is 5.60. The molecule has 1 aliphatic carbocycles. The van der Waals surface area contributed by atoms with Crippen LogP contribution in [0, 0.1) is 0 Å². The number of hydrogen-bond acceptors (Lipinski definition) is 5. The fourth-order valence-corrected chi connectivity index (χ4v) is 3.28. The van der Waals surface area contributed by atoms with Gasteiger partial charge in [-0.25, -0.2) is 9.89 Å². The maximum absolute atomic E-state index is 12.3. The van der Waals surface area contributed by atoms with Crippen LogP contribution in [0.3, 0.4) is 0 Å². The molecule has 1 amide bonds. The lowest BCUT2D eigenvalue weighted by molar-refractivity contribution is -0.121. The number of nitrogens with zero attached hydrogens (tertiary/aromatic N) is 1. The van der Waals surface area contributed by atoms with Crippen molar-refractivity contribution in [3.8, 4) is 0 Å². The first-order chi connectivity index (χ1) is 10.1. The fraction of sp³-hybridized carbons (Fsp3) is 0.692. The van der Waals surface area contributed by atoms with Crippen LogP contribution in [0.4, 0.5) is 0 Å². The molecule has 7 nitrogen and oxygen atoms in total. The van der Waals surface area contributed by atoms with E-state index >= 15 is 0 Å². The number of carbonyl (C=O) groups excluding carboxylic acids is 1. The molecule has 0 radical (unpaired) electrons. The van der Waals surface area contributed by atoms with E-state index in [0.29, 0.717) is 6.42 Å². The summed E-state index contributed by atoms with van der Waals surface area (Å²) < 4.78 is 0. The Morgan fingerprint density at radius 1 is 1.38 bits per heavy atom. The van der Waals surface area contributed by atoms with Gasteiger partial charge in [-0.2, -0.15) is 5.10 Å². The van der Waals surface area contributed by atoms with Gasteiger partial charge in [0.25, 0.3) is 5.56 Å². The Hall–Kier alpha value is -1.57. The maximum Gasteiger partial charge on any atom is 0.342 e. The average Bonchev–Trinajstić information content (AvgIpc) is 2.47. The van der Waals surface area contributed by atoms with Crippen LogP contribution in [0.1, 0.15) is 45.4 Å². The van der Waals surface area contributed by atoms with Crippen molar-refractivity contribution in [2.24, 2.45) is 0 Å². The lowest BCUT2D eigenvalue weighted by atomic mass is 9.95. The molecule has 1 heterocycles. The summed E-state index contributed by atoms with van der Waals surface area (Å²) in [5.74, 6) is -0.0678. The van der Waals surface area contributed by atoms with E-state index in [2.05, 4.69) is 20.5 Å². The second-order valence-electron chi connectivity index (χ2n) is 5.17. The summed E-state index contributed by atoms with van der Waals surface area (Å²) in [5.41, 5.74) is -1.21.